The van der Waals surface area contributed by atoms with Crippen molar-refractivity contribution in [2.75, 3.05) is 5.32 Å². The van der Waals surface area contributed by atoms with Crippen LogP contribution in [0, 0.1) is 0 Å². The monoisotopic (exact) mass is 348 g/mol. The third kappa shape index (κ3) is 3.82. The Hall–Kier alpha value is -2.08. The van der Waals surface area contributed by atoms with Crippen molar-refractivity contribution in [2.24, 2.45) is 0 Å². The van der Waals surface area contributed by atoms with Crippen LogP contribution >= 0.6 is 23.2 Å². The van der Waals surface area contributed by atoms with Crippen molar-refractivity contribution in [1.29, 1.82) is 0 Å². The summed E-state index contributed by atoms with van der Waals surface area (Å²) in [6.07, 6.45) is 1.83. The fraction of sp³-hybridized carbons (Fsp3) is 0.125. The van der Waals surface area contributed by atoms with Gasteiger partial charge in [0.15, 0.2) is 0 Å². The lowest BCUT2D eigenvalue weighted by Crippen LogP contribution is -2.01. The van der Waals surface area contributed by atoms with E-state index in [-0.39, 0.29) is 6.61 Å². The summed E-state index contributed by atoms with van der Waals surface area (Å²) in [7, 11) is 0. The van der Waals surface area contributed by atoms with Crippen LogP contribution in [0.2, 0.25) is 10.0 Å². The van der Waals surface area contributed by atoms with Crippen LogP contribution in [0.5, 0.6) is 0 Å². The van der Waals surface area contributed by atoms with Crippen molar-refractivity contribution < 1.29 is 5.11 Å². The molecule has 0 aliphatic carbocycles. The van der Waals surface area contributed by atoms with Crippen molar-refractivity contribution in [3.63, 3.8) is 0 Å². The molecule has 0 bridgehead atoms. The van der Waals surface area contributed by atoms with Gasteiger partial charge in [0.25, 0.3) is 0 Å². The van der Waals surface area contributed by atoms with Gasteiger partial charge in [-0.15, -0.1) is 5.10 Å². The molecule has 2 N–H and O–H groups in total. The third-order valence-corrected chi connectivity index (χ3v) is 3.89. The molecule has 0 saturated carbocycles. The number of nitrogens with one attached hydrogen (secondary N) is 1. The minimum Gasteiger partial charge on any atom is -0.392 e. The van der Waals surface area contributed by atoms with Crippen LogP contribution in [0.25, 0.3) is 5.69 Å². The number of halogens is 2. The maximum atomic E-state index is 9.18. The van der Waals surface area contributed by atoms with E-state index in [1.807, 2.05) is 24.4 Å². The average molecular weight is 349 g/mol. The lowest BCUT2D eigenvalue weighted by molar-refractivity contribution is 0.282. The largest absolute Gasteiger partial charge is 0.392 e. The lowest BCUT2D eigenvalue weighted by atomic mass is 10.2. The maximum Gasteiger partial charge on any atom is 0.102 e. The molecule has 0 atom stereocenters. The summed E-state index contributed by atoms with van der Waals surface area (Å²) in [5.41, 5.74) is 3.19. The van der Waals surface area contributed by atoms with Crippen molar-refractivity contribution in [1.82, 2.24) is 15.0 Å². The summed E-state index contributed by atoms with van der Waals surface area (Å²) in [5, 5.41) is 21.9. The van der Waals surface area contributed by atoms with Crippen LogP contribution in [0.3, 0.4) is 0 Å². The highest BCUT2D eigenvalue weighted by Gasteiger charge is 2.05. The lowest BCUT2D eigenvalue weighted by Gasteiger charge is -2.08. The van der Waals surface area contributed by atoms with E-state index in [0.29, 0.717) is 16.6 Å². The average Bonchev–Trinajstić information content (AvgIpc) is 3.04. The molecule has 5 nitrogen and oxygen atoms in total. The van der Waals surface area contributed by atoms with E-state index in [1.54, 1.807) is 28.9 Å². The predicted molar refractivity (Wildman–Crippen MR) is 91.1 cm³/mol. The van der Waals surface area contributed by atoms with Crippen molar-refractivity contribution >= 4 is 28.9 Å². The molecule has 0 unspecified atom stereocenters. The molecule has 7 heteroatoms. The van der Waals surface area contributed by atoms with Crippen LogP contribution in [0.4, 0.5) is 5.69 Å². The Morgan fingerprint density at radius 2 is 1.87 bits per heavy atom. The zero-order valence-corrected chi connectivity index (χ0v) is 13.6. The van der Waals surface area contributed by atoms with Gasteiger partial charge in [-0.3, -0.25) is 0 Å². The van der Waals surface area contributed by atoms with E-state index in [0.717, 1.165) is 22.6 Å². The van der Waals surface area contributed by atoms with E-state index >= 15 is 0 Å². The zero-order chi connectivity index (χ0) is 16.2. The molecule has 0 aliphatic heterocycles. The Morgan fingerprint density at radius 1 is 1.09 bits per heavy atom. The molecule has 1 aromatic heterocycles. The first-order valence-corrected chi connectivity index (χ1v) is 7.71. The Morgan fingerprint density at radius 3 is 2.61 bits per heavy atom. The minimum atomic E-state index is -0.0292. The molecule has 1 heterocycles. The molecule has 0 saturated heterocycles. The van der Waals surface area contributed by atoms with Crippen LogP contribution in [0.15, 0.2) is 48.7 Å². The van der Waals surface area contributed by atoms with Gasteiger partial charge in [0.05, 0.1) is 35.7 Å². The van der Waals surface area contributed by atoms with Crippen LogP contribution < -0.4 is 5.32 Å². The number of hydrogen-bond acceptors (Lipinski definition) is 4. The molecule has 2 aromatic carbocycles. The highest BCUT2D eigenvalue weighted by Crippen LogP contribution is 2.23. The van der Waals surface area contributed by atoms with Crippen LogP contribution in [0.1, 0.15) is 11.3 Å². The number of benzene rings is 2. The first-order chi connectivity index (χ1) is 11.2. The molecule has 0 fully saturated rings. The highest BCUT2D eigenvalue weighted by atomic mass is 35.5. The van der Waals surface area contributed by atoms with Gasteiger partial charge in [-0.2, -0.15) is 0 Å². The summed E-state index contributed by atoms with van der Waals surface area (Å²) in [4.78, 5) is 0. The molecule has 0 radical (unpaired) electrons. The van der Waals surface area contributed by atoms with Crippen molar-refractivity contribution in [3.8, 4) is 5.69 Å². The van der Waals surface area contributed by atoms with E-state index in [1.165, 1.54) is 0 Å². The second-order valence-electron chi connectivity index (χ2n) is 4.96. The number of anilines is 1. The summed E-state index contributed by atoms with van der Waals surface area (Å²) in [6, 6.07) is 12.7. The first kappa shape index (κ1) is 15.8. The number of nitrogens with zero attached hydrogens (tertiary/aromatic N) is 3. The molecular weight excluding hydrogens is 335 g/mol. The maximum absolute atomic E-state index is 9.18. The number of aliphatic hydroxyl groups is 1. The van der Waals surface area contributed by atoms with E-state index in [2.05, 4.69) is 15.6 Å². The van der Waals surface area contributed by atoms with Gasteiger partial charge in [-0.05, 0) is 42.0 Å². The minimum absolute atomic E-state index is 0.0292. The van der Waals surface area contributed by atoms with Crippen LogP contribution in [-0.4, -0.2) is 20.1 Å². The van der Waals surface area contributed by atoms with E-state index in [9.17, 15) is 5.11 Å². The third-order valence-electron chi connectivity index (χ3n) is 3.31. The van der Waals surface area contributed by atoms with E-state index < -0.39 is 0 Å². The molecule has 23 heavy (non-hydrogen) atoms. The quantitative estimate of drug-likeness (QED) is 0.738. The van der Waals surface area contributed by atoms with E-state index in [4.69, 9.17) is 23.2 Å². The van der Waals surface area contributed by atoms with Gasteiger partial charge in [0, 0.05) is 5.02 Å². The summed E-state index contributed by atoms with van der Waals surface area (Å²) >= 11 is 12.0. The second kappa shape index (κ2) is 7.00. The van der Waals surface area contributed by atoms with Crippen LogP contribution in [-0.2, 0) is 13.2 Å². The summed E-state index contributed by atoms with van der Waals surface area (Å²) in [6.45, 7) is 0.445. The number of rotatable bonds is 5. The summed E-state index contributed by atoms with van der Waals surface area (Å²) < 4.78 is 1.68. The molecule has 3 aromatic rings. The summed E-state index contributed by atoms with van der Waals surface area (Å²) in [5.74, 6) is 0. The fourth-order valence-corrected chi connectivity index (χ4v) is 2.40. The van der Waals surface area contributed by atoms with Gasteiger partial charge >= 0.3 is 0 Å². The topological polar surface area (TPSA) is 63.0 Å². The van der Waals surface area contributed by atoms with Gasteiger partial charge in [0.1, 0.15) is 5.69 Å². The predicted octanol–water partition coefficient (Wildman–Crippen LogP) is 3.68. The molecule has 3 rings (SSSR count). The Bertz CT molecular complexity index is 802. The van der Waals surface area contributed by atoms with Gasteiger partial charge in [-0.1, -0.05) is 34.5 Å². The Balaban J connectivity index is 1.71. The molecule has 0 amide bonds. The smallest absolute Gasteiger partial charge is 0.102 e. The van der Waals surface area contributed by atoms with Gasteiger partial charge in [-0.25, -0.2) is 4.68 Å². The Labute approximate surface area is 143 Å². The molecule has 118 valence electrons. The SMILES string of the molecule is OCc1ccc(Cl)c(NCc2cn(-c3ccc(Cl)cc3)nn2)c1. The normalized spacial score (nSPS) is 10.7. The van der Waals surface area contributed by atoms with Crippen molar-refractivity contribution in [2.45, 2.75) is 13.2 Å². The number of hydrogen-bond donors (Lipinski definition) is 2. The van der Waals surface area contributed by atoms with Crippen molar-refractivity contribution in [3.05, 3.63) is 70.0 Å². The first-order valence-electron chi connectivity index (χ1n) is 6.96. The molecule has 0 spiro atoms. The second-order valence-corrected chi connectivity index (χ2v) is 5.80. The zero-order valence-electron chi connectivity index (χ0n) is 12.1. The number of aliphatic hydroxyl groups excluding tert-OH is 1. The number of aromatic nitrogens is 3. The standard InChI is InChI=1S/C16H14Cl2N4O/c17-12-2-4-14(5-3-12)22-9-13(20-21-22)8-19-16-7-11(10-23)1-6-15(16)18/h1-7,9,19,23H,8,10H2. The van der Waals surface area contributed by atoms with Gasteiger partial charge in [0.2, 0.25) is 0 Å². The molecular formula is C16H14Cl2N4O. The Kier molecular flexibility index (Phi) is 4.81. The fourth-order valence-electron chi connectivity index (χ4n) is 2.09. The molecule has 0 aliphatic rings. The van der Waals surface area contributed by atoms with Gasteiger partial charge < -0.3 is 10.4 Å². The highest BCUT2D eigenvalue weighted by molar-refractivity contribution is 6.33.